The SMILES string of the molecule is CC(C)CNc1ccc(Cl)cc1C(=O)O. The number of carboxylic acid groups (broad SMARTS) is 1. The van der Waals surface area contributed by atoms with Crippen molar-refractivity contribution in [2.75, 3.05) is 11.9 Å². The molecule has 2 N–H and O–H groups in total. The van der Waals surface area contributed by atoms with Crippen LogP contribution in [0.1, 0.15) is 24.2 Å². The van der Waals surface area contributed by atoms with Crippen molar-refractivity contribution in [1.29, 1.82) is 0 Å². The van der Waals surface area contributed by atoms with Crippen molar-refractivity contribution in [1.82, 2.24) is 0 Å². The molecule has 1 rings (SSSR count). The molecule has 0 aromatic heterocycles. The van der Waals surface area contributed by atoms with E-state index in [9.17, 15) is 4.79 Å². The van der Waals surface area contributed by atoms with E-state index in [4.69, 9.17) is 16.7 Å². The molecule has 0 bridgehead atoms. The van der Waals surface area contributed by atoms with Gasteiger partial charge in [0.05, 0.1) is 5.56 Å². The highest BCUT2D eigenvalue weighted by Crippen LogP contribution is 2.20. The minimum atomic E-state index is -0.969. The second-order valence-electron chi connectivity index (χ2n) is 3.77. The van der Waals surface area contributed by atoms with Crippen LogP contribution in [-0.2, 0) is 0 Å². The lowest BCUT2D eigenvalue weighted by molar-refractivity contribution is 0.0698. The molecule has 15 heavy (non-hydrogen) atoms. The largest absolute Gasteiger partial charge is 0.478 e. The van der Waals surface area contributed by atoms with E-state index in [1.807, 2.05) is 0 Å². The quantitative estimate of drug-likeness (QED) is 0.831. The van der Waals surface area contributed by atoms with E-state index in [1.54, 1.807) is 12.1 Å². The summed E-state index contributed by atoms with van der Waals surface area (Å²) in [5, 5.41) is 12.5. The van der Waals surface area contributed by atoms with Crippen LogP contribution in [0.25, 0.3) is 0 Å². The first kappa shape index (κ1) is 11.9. The Morgan fingerprint density at radius 1 is 1.53 bits per heavy atom. The molecule has 0 atom stereocenters. The summed E-state index contributed by atoms with van der Waals surface area (Å²) in [6, 6.07) is 4.82. The van der Waals surface area contributed by atoms with E-state index in [2.05, 4.69) is 19.2 Å². The monoisotopic (exact) mass is 227 g/mol. The normalized spacial score (nSPS) is 10.4. The molecule has 0 aliphatic heterocycles. The third-order valence-electron chi connectivity index (χ3n) is 1.91. The number of rotatable bonds is 4. The molecule has 0 aliphatic carbocycles. The number of halogens is 1. The topological polar surface area (TPSA) is 49.3 Å². The summed E-state index contributed by atoms with van der Waals surface area (Å²) in [4.78, 5) is 10.9. The van der Waals surface area contributed by atoms with Gasteiger partial charge >= 0.3 is 5.97 Å². The van der Waals surface area contributed by atoms with Gasteiger partial charge in [0.25, 0.3) is 0 Å². The second-order valence-corrected chi connectivity index (χ2v) is 4.21. The average Bonchev–Trinajstić information content (AvgIpc) is 2.15. The first-order valence-electron chi connectivity index (χ1n) is 4.77. The fourth-order valence-corrected chi connectivity index (χ4v) is 1.33. The lowest BCUT2D eigenvalue weighted by atomic mass is 10.1. The lowest BCUT2D eigenvalue weighted by Gasteiger charge is -2.11. The van der Waals surface area contributed by atoms with E-state index in [1.165, 1.54) is 6.07 Å². The number of nitrogens with one attached hydrogen (secondary N) is 1. The average molecular weight is 228 g/mol. The Kier molecular flexibility index (Phi) is 3.97. The molecule has 0 amide bonds. The van der Waals surface area contributed by atoms with Crippen molar-refractivity contribution in [3.05, 3.63) is 28.8 Å². The number of benzene rings is 1. The standard InChI is InChI=1S/C11H14ClNO2/c1-7(2)6-13-10-4-3-8(12)5-9(10)11(14)15/h3-5,7,13H,6H2,1-2H3,(H,14,15). The molecular weight excluding hydrogens is 214 g/mol. The van der Waals surface area contributed by atoms with Gasteiger partial charge in [-0.2, -0.15) is 0 Å². The number of aromatic carboxylic acids is 1. The summed E-state index contributed by atoms with van der Waals surface area (Å²) in [6.45, 7) is 4.86. The van der Waals surface area contributed by atoms with E-state index in [-0.39, 0.29) is 5.56 Å². The van der Waals surface area contributed by atoms with Gasteiger partial charge in [-0.25, -0.2) is 4.79 Å². The van der Waals surface area contributed by atoms with Gasteiger partial charge in [-0.15, -0.1) is 0 Å². The van der Waals surface area contributed by atoms with E-state index in [0.717, 1.165) is 6.54 Å². The molecule has 0 spiro atoms. The zero-order chi connectivity index (χ0) is 11.4. The summed E-state index contributed by atoms with van der Waals surface area (Å²) in [5.74, 6) is -0.508. The maximum Gasteiger partial charge on any atom is 0.337 e. The summed E-state index contributed by atoms with van der Waals surface area (Å²) in [6.07, 6.45) is 0. The van der Waals surface area contributed by atoms with Crippen molar-refractivity contribution in [3.8, 4) is 0 Å². The van der Waals surface area contributed by atoms with E-state index in [0.29, 0.717) is 16.6 Å². The van der Waals surface area contributed by atoms with Gasteiger partial charge in [-0.1, -0.05) is 25.4 Å². The Bertz CT molecular complexity index is 364. The molecule has 0 aliphatic rings. The fourth-order valence-electron chi connectivity index (χ4n) is 1.16. The van der Waals surface area contributed by atoms with Gasteiger partial charge in [0.15, 0.2) is 0 Å². The first-order valence-corrected chi connectivity index (χ1v) is 5.15. The van der Waals surface area contributed by atoms with Gasteiger partial charge < -0.3 is 10.4 Å². The van der Waals surface area contributed by atoms with Gasteiger partial charge in [0.1, 0.15) is 0 Å². The third-order valence-corrected chi connectivity index (χ3v) is 2.15. The van der Waals surface area contributed by atoms with Crippen molar-refractivity contribution < 1.29 is 9.90 Å². The molecule has 1 aromatic rings. The van der Waals surface area contributed by atoms with Gasteiger partial charge in [0, 0.05) is 17.3 Å². The molecule has 0 saturated heterocycles. The van der Waals surface area contributed by atoms with Crippen molar-refractivity contribution in [2.45, 2.75) is 13.8 Å². The number of anilines is 1. The molecule has 1 aromatic carbocycles. The van der Waals surface area contributed by atoms with Crippen LogP contribution in [0, 0.1) is 5.92 Å². The fraction of sp³-hybridized carbons (Fsp3) is 0.364. The Hall–Kier alpha value is -1.22. The third kappa shape index (κ3) is 3.44. The van der Waals surface area contributed by atoms with Gasteiger partial charge in [-0.3, -0.25) is 0 Å². The Labute approximate surface area is 94.1 Å². The molecule has 0 fully saturated rings. The van der Waals surface area contributed by atoms with E-state index < -0.39 is 5.97 Å². The van der Waals surface area contributed by atoms with Crippen molar-refractivity contribution >= 4 is 23.3 Å². The highest BCUT2D eigenvalue weighted by molar-refractivity contribution is 6.31. The molecule has 0 radical (unpaired) electrons. The molecule has 3 nitrogen and oxygen atoms in total. The summed E-state index contributed by atoms with van der Waals surface area (Å²) in [5.41, 5.74) is 0.823. The number of carboxylic acids is 1. The minimum Gasteiger partial charge on any atom is -0.478 e. The minimum absolute atomic E-state index is 0.211. The highest BCUT2D eigenvalue weighted by Gasteiger charge is 2.10. The number of hydrogen-bond donors (Lipinski definition) is 2. The van der Waals surface area contributed by atoms with Crippen LogP contribution in [-0.4, -0.2) is 17.6 Å². The Morgan fingerprint density at radius 2 is 2.20 bits per heavy atom. The first-order chi connectivity index (χ1) is 7.00. The maximum atomic E-state index is 10.9. The summed E-state index contributed by atoms with van der Waals surface area (Å²) in [7, 11) is 0. The summed E-state index contributed by atoms with van der Waals surface area (Å²) < 4.78 is 0. The van der Waals surface area contributed by atoms with Crippen LogP contribution in [0.4, 0.5) is 5.69 Å². The predicted molar refractivity (Wildman–Crippen MR) is 61.7 cm³/mol. The second kappa shape index (κ2) is 5.03. The molecule has 0 heterocycles. The summed E-state index contributed by atoms with van der Waals surface area (Å²) >= 11 is 5.73. The van der Waals surface area contributed by atoms with Gasteiger partial charge in [-0.05, 0) is 24.1 Å². The maximum absolute atomic E-state index is 10.9. The molecule has 82 valence electrons. The van der Waals surface area contributed by atoms with E-state index >= 15 is 0 Å². The van der Waals surface area contributed by atoms with Gasteiger partial charge in [0.2, 0.25) is 0 Å². The number of carbonyl (C=O) groups is 1. The predicted octanol–water partition coefficient (Wildman–Crippen LogP) is 3.11. The molecule has 4 heteroatoms. The highest BCUT2D eigenvalue weighted by atomic mass is 35.5. The molecular formula is C11H14ClNO2. The smallest absolute Gasteiger partial charge is 0.337 e. The zero-order valence-corrected chi connectivity index (χ0v) is 9.51. The van der Waals surface area contributed by atoms with Crippen molar-refractivity contribution in [3.63, 3.8) is 0 Å². The van der Waals surface area contributed by atoms with Crippen LogP contribution in [0.5, 0.6) is 0 Å². The van der Waals surface area contributed by atoms with Crippen LogP contribution < -0.4 is 5.32 Å². The van der Waals surface area contributed by atoms with Crippen LogP contribution in [0.2, 0.25) is 5.02 Å². The molecule has 0 saturated carbocycles. The molecule has 0 unspecified atom stereocenters. The Morgan fingerprint density at radius 3 is 2.73 bits per heavy atom. The lowest BCUT2D eigenvalue weighted by Crippen LogP contribution is -2.11. The van der Waals surface area contributed by atoms with Crippen LogP contribution >= 0.6 is 11.6 Å². The van der Waals surface area contributed by atoms with Crippen LogP contribution in [0.15, 0.2) is 18.2 Å². The Balaban J connectivity index is 2.91. The number of hydrogen-bond acceptors (Lipinski definition) is 2. The van der Waals surface area contributed by atoms with Crippen molar-refractivity contribution in [2.24, 2.45) is 5.92 Å². The zero-order valence-electron chi connectivity index (χ0n) is 8.75. The van der Waals surface area contributed by atoms with Crippen LogP contribution in [0.3, 0.4) is 0 Å².